The van der Waals surface area contributed by atoms with Gasteiger partial charge in [-0.3, -0.25) is 9.59 Å². The van der Waals surface area contributed by atoms with Gasteiger partial charge in [0.1, 0.15) is 12.1 Å². The lowest BCUT2D eigenvalue weighted by Gasteiger charge is -2.24. The van der Waals surface area contributed by atoms with Crippen molar-refractivity contribution in [1.29, 1.82) is 0 Å². The van der Waals surface area contributed by atoms with Crippen molar-refractivity contribution in [2.75, 3.05) is 18.5 Å². The molecule has 40 heavy (non-hydrogen) atoms. The van der Waals surface area contributed by atoms with Crippen LogP contribution >= 0.6 is 0 Å². The van der Waals surface area contributed by atoms with Gasteiger partial charge in [-0.2, -0.15) is 0 Å². The molecular weight excluding hydrogens is 526 g/mol. The molecule has 0 aliphatic carbocycles. The number of primary amides is 1. The number of benzene rings is 2. The van der Waals surface area contributed by atoms with Crippen LogP contribution in [0.15, 0.2) is 54.6 Å². The Labute approximate surface area is 237 Å². The highest BCUT2D eigenvalue weighted by Gasteiger charge is 2.28. The van der Waals surface area contributed by atoms with E-state index >= 15 is 0 Å². The van der Waals surface area contributed by atoms with Crippen LogP contribution in [0.2, 0.25) is 25.7 Å². The van der Waals surface area contributed by atoms with Crippen molar-refractivity contribution in [3.63, 3.8) is 0 Å². The van der Waals surface area contributed by atoms with Gasteiger partial charge in [0.2, 0.25) is 11.8 Å². The maximum atomic E-state index is 13.5. The third kappa shape index (κ3) is 12.8. The van der Waals surface area contributed by atoms with Crippen LogP contribution in [0.4, 0.5) is 15.3 Å². The van der Waals surface area contributed by atoms with Crippen LogP contribution in [-0.2, 0) is 27.2 Å². The first-order valence-electron chi connectivity index (χ1n) is 13.7. The minimum absolute atomic E-state index is 0.214. The zero-order valence-electron chi connectivity index (χ0n) is 23.9. The first-order valence-corrected chi connectivity index (χ1v) is 17.4. The Balaban J connectivity index is 2.15. The summed E-state index contributed by atoms with van der Waals surface area (Å²) in [5.41, 5.74) is 7.72. The highest BCUT2D eigenvalue weighted by atomic mass is 28.3. The van der Waals surface area contributed by atoms with Crippen molar-refractivity contribution >= 4 is 37.7 Å². The van der Waals surface area contributed by atoms with Crippen molar-refractivity contribution in [3.05, 3.63) is 65.7 Å². The fourth-order valence-corrected chi connectivity index (χ4v) is 4.52. The lowest BCUT2D eigenvalue weighted by Crippen LogP contribution is -2.53. The second-order valence-electron chi connectivity index (χ2n) is 10.9. The van der Waals surface area contributed by atoms with Crippen molar-refractivity contribution in [1.82, 2.24) is 16.0 Å². The Hall–Kier alpha value is -3.86. The minimum Gasteiger partial charge on any atom is -0.450 e. The fraction of sp³-hybridized carbons (Fsp3) is 0.448. The van der Waals surface area contributed by atoms with Gasteiger partial charge in [-0.05, 0) is 48.6 Å². The third-order valence-corrected chi connectivity index (χ3v) is 7.91. The first kappa shape index (κ1) is 32.3. The molecule has 0 spiro atoms. The minimum atomic E-state index is -1.41. The number of nitrogens with one attached hydrogen (secondary N) is 4. The number of rotatable bonds is 15. The maximum Gasteiger partial charge on any atom is 0.407 e. The number of hydrogen-bond acceptors (Lipinski definition) is 5. The second-order valence-corrected chi connectivity index (χ2v) is 16.5. The molecule has 6 N–H and O–H groups in total. The number of ether oxygens (including phenoxy) is 1. The quantitative estimate of drug-likeness (QED) is 0.163. The SMILES string of the molecule is CCc1ccc(NC(=O)[C@H](CCCNC(N)=O)NC(=O)[C@H](Cc2ccccc2)NC(=O)OCC[Si](C)(C)C)cc1. The molecule has 0 saturated heterocycles. The van der Waals surface area contributed by atoms with E-state index < -0.39 is 44.1 Å². The van der Waals surface area contributed by atoms with E-state index in [2.05, 4.69) is 40.9 Å². The van der Waals surface area contributed by atoms with Gasteiger partial charge in [-0.1, -0.05) is 69.0 Å². The van der Waals surface area contributed by atoms with Crippen molar-refractivity contribution in [2.45, 2.75) is 70.4 Å². The average molecular weight is 570 g/mol. The van der Waals surface area contributed by atoms with E-state index in [9.17, 15) is 19.2 Å². The summed E-state index contributed by atoms with van der Waals surface area (Å²) in [5.74, 6) is -0.928. The molecule has 2 aromatic rings. The number of hydrogen-bond donors (Lipinski definition) is 5. The number of carbonyl (C=O) groups is 4. The largest absolute Gasteiger partial charge is 0.450 e. The number of anilines is 1. The standard InChI is InChI=1S/C29H43N5O5Si/c1-5-21-13-15-23(16-14-21)32-26(35)24(12-9-17-31-28(30)37)33-27(36)25(20-22-10-7-6-8-11-22)34-29(38)39-18-19-40(2,3)4/h6-8,10-11,13-16,24-25H,5,9,12,17-20H2,1-4H3,(H,32,35)(H,33,36)(H,34,38)(H3,30,31,37)/t24-,25-/m0/s1. The van der Waals surface area contributed by atoms with Crippen LogP contribution < -0.4 is 27.0 Å². The molecule has 0 radical (unpaired) electrons. The van der Waals surface area contributed by atoms with Crippen LogP contribution in [0.5, 0.6) is 0 Å². The summed E-state index contributed by atoms with van der Waals surface area (Å²) in [6.45, 7) is 9.11. The normalized spacial score (nSPS) is 12.5. The molecule has 0 unspecified atom stereocenters. The molecule has 0 aromatic heterocycles. The molecule has 0 bridgehead atoms. The molecule has 2 aromatic carbocycles. The van der Waals surface area contributed by atoms with Crippen LogP contribution in [0.3, 0.4) is 0 Å². The van der Waals surface area contributed by atoms with Crippen molar-refractivity contribution in [3.8, 4) is 0 Å². The summed E-state index contributed by atoms with van der Waals surface area (Å²) >= 11 is 0. The zero-order valence-corrected chi connectivity index (χ0v) is 24.9. The summed E-state index contributed by atoms with van der Waals surface area (Å²) in [4.78, 5) is 50.3. The summed E-state index contributed by atoms with van der Waals surface area (Å²) in [7, 11) is -1.41. The summed E-state index contributed by atoms with van der Waals surface area (Å²) in [6.07, 6.45) is 1.04. The van der Waals surface area contributed by atoms with E-state index in [4.69, 9.17) is 10.5 Å². The van der Waals surface area contributed by atoms with Gasteiger partial charge in [0.05, 0.1) is 6.61 Å². The molecule has 2 rings (SSSR count). The zero-order chi connectivity index (χ0) is 29.5. The van der Waals surface area contributed by atoms with Gasteiger partial charge in [0, 0.05) is 26.7 Å². The highest BCUT2D eigenvalue weighted by Crippen LogP contribution is 2.12. The lowest BCUT2D eigenvalue weighted by atomic mass is 10.0. The number of amides is 5. The summed E-state index contributed by atoms with van der Waals surface area (Å²) in [5, 5.41) is 10.8. The average Bonchev–Trinajstić information content (AvgIpc) is 2.90. The predicted octanol–water partition coefficient (Wildman–Crippen LogP) is 3.80. The number of aryl methyl sites for hydroxylation is 1. The van der Waals surface area contributed by atoms with Gasteiger partial charge in [-0.25, -0.2) is 9.59 Å². The van der Waals surface area contributed by atoms with Gasteiger partial charge in [0.25, 0.3) is 0 Å². The molecule has 0 heterocycles. The predicted molar refractivity (Wildman–Crippen MR) is 160 cm³/mol. The van der Waals surface area contributed by atoms with E-state index in [-0.39, 0.29) is 26.0 Å². The Morgan fingerprint density at radius 2 is 1.55 bits per heavy atom. The maximum absolute atomic E-state index is 13.5. The molecule has 0 aliphatic heterocycles. The van der Waals surface area contributed by atoms with E-state index in [0.29, 0.717) is 12.1 Å². The van der Waals surface area contributed by atoms with E-state index in [1.807, 2.05) is 49.4 Å². The highest BCUT2D eigenvalue weighted by molar-refractivity contribution is 6.76. The molecule has 218 valence electrons. The Morgan fingerprint density at radius 1 is 0.875 bits per heavy atom. The van der Waals surface area contributed by atoms with Gasteiger partial charge in [0.15, 0.2) is 0 Å². The van der Waals surface area contributed by atoms with Crippen LogP contribution in [0, 0.1) is 0 Å². The van der Waals surface area contributed by atoms with Crippen LogP contribution in [0.25, 0.3) is 0 Å². The number of urea groups is 1. The number of nitrogens with two attached hydrogens (primary N) is 1. The third-order valence-electron chi connectivity index (χ3n) is 6.21. The molecule has 0 aliphatic rings. The molecule has 0 saturated carbocycles. The number of carbonyl (C=O) groups excluding carboxylic acids is 4. The van der Waals surface area contributed by atoms with Crippen LogP contribution in [-0.4, -0.2) is 57.2 Å². The van der Waals surface area contributed by atoms with Crippen LogP contribution in [0.1, 0.15) is 30.9 Å². The van der Waals surface area contributed by atoms with E-state index in [1.54, 1.807) is 12.1 Å². The van der Waals surface area contributed by atoms with Gasteiger partial charge < -0.3 is 31.7 Å². The Bertz CT molecular complexity index is 1110. The monoisotopic (exact) mass is 569 g/mol. The lowest BCUT2D eigenvalue weighted by molar-refractivity contribution is -0.128. The topological polar surface area (TPSA) is 152 Å². The molecular formula is C29H43N5O5Si. The fourth-order valence-electron chi connectivity index (χ4n) is 3.80. The summed E-state index contributed by atoms with van der Waals surface area (Å²) < 4.78 is 5.36. The van der Waals surface area contributed by atoms with E-state index in [0.717, 1.165) is 23.6 Å². The summed E-state index contributed by atoms with van der Waals surface area (Å²) in [6, 6.07) is 15.0. The van der Waals surface area contributed by atoms with Crippen molar-refractivity contribution in [2.24, 2.45) is 5.73 Å². The molecule has 11 heteroatoms. The first-order chi connectivity index (χ1) is 19.0. The van der Waals surface area contributed by atoms with Crippen molar-refractivity contribution < 1.29 is 23.9 Å². The van der Waals surface area contributed by atoms with E-state index in [1.165, 1.54) is 0 Å². The second kappa shape index (κ2) is 16.3. The van der Waals surface area contributed by atoms with Gasteiger partial charge in [-0.15, -0.1) is 0 Å². The molecule has 5 amide bonds. The smallest absolute Gasteiger partial charge is 0.407 e. The van der Waals surface area contributed by atoms with Gasteiger partial charge >= 0.3 is 12.1 Å². The molecule has 10 nitrogen and oxygen atoms in total. The Kier molecular flexibility index (Phi) is 13.2. The molecule has 0 fully saturated rings. The Morgan fingerprint density at radius 3 is 2.15 bits per heavy atom. The number of alkyl carbamates (subject to hydrolysis) is 1. The molecule has 2 atom stereocenters.